The van der Waals surface area contributed by atoms with Crippen LogP contribution in [0.25, 0.3) is 0 Å². The summed E-state index contributed by atoms with van der Waals surface area (Å²) >= 11 is 1.13. The highest BCUT2D eigenvalue weighted by Gasteiger charge is 2.20. The summed E-state index contributed by atoms with van der Waals surface area (Å²) in [6, 6.07) is 5.75. The van der Waals surface area contributed by atoms with Crippen LogP contribution in [0, 0.1) is 5.82 Å². The molecule has 2 aromatic rings. The van der Waals surface area contributed by atoms with Crippen LogP contribution in [0.5, 0.6) is 0 Å². The molecule has 0 atom stereocenters. The lowest BCUT2D eigenvalue weighted by Crippen LogP contribution is -2.15. The molecule has 1 aliphatic rings. The first kappa shape index (κ1) is 13.4. The van der Waals surface area contributed by atoms with E-state index in [1.54, 1.807) is 13.1 Å². The standard InChI is InChI=1S/C13H15FN4OS/c1-18-12(19)16-17-13(18)20-11-5-2-8(6-10(11)14)7-15-9-3-4-9/h2,5-6,9,15H,3-4,7H2,1H3,(H,16,19). The van der Waals surface area contributed by atoms with E-state index in [1.165, 1.54) is 23.5 Å². The molecule has 2 N–H and O–H groups in total. The number of rotatable bonds is 5. The van der Waals surface area contributed by atoms with Crippen molar-refractivity contribution in [3.8, 4) is 0 Å². The van der Waals surface area contributed by atoms with E-state index in [4.69, 9.17) is 0 Å². The average Bonchev–Trinajstić information content (AvgIpc) is 3.21. The Labute approximate surface area is 119 Å². The van der Waals surface area contributed by atoms with Crippen molar-refractivity contribution in [3.63, 3.8) is 0 Å². The fourth-order valence-electron chi connectivity index (χ4n) is 1.81. The van der Waals surface area contributed by atoms with Crippen molar-refractivity contribution >= 4 is 11.8 Å². The van der Waals surface area contributed by atoms with Gasteiger partial charge in [-0.25, -0.2) is 14.3 Å². The van der Waals surface area contributed by atoms with Gasteiger partial charge in [-0.05, 0) is 42.3 Å². The molecule has 7 heteroatoms. The van der Waals surface area contributed by atoms with E-state index >= 15 is 0 Å². The van der Waals surface area contributed by atoms with Gasteiger partial charge in [-0.1, -0.05) is 6.07 Å². The summed E-state index contributed by atoms with van der Waals surface area (Å²) in [5, 5.41) is 9.97. The number of benzene rings is 1. The zero-order valence-corrected chi connectivity index (χ0v) is 11.8. The SMILES string of the molecule is Cn1c(Sc2ccc(CNC3CC3)cc2F)n[nH]c1=O. The molecule has 0 amide bonds. The molecule has 5 nitrogen and oxygen atoms in total. The van der Waals surface area contributed by atoms with Gasteiger partial charge in [0.05, 0.1) is 4.90 Å². The smallest absolute Gasteiger partial charge is 0.310 e. The number of hydrogen-bond acceptors (Lipinski definition) is 4. The van der Waals surface area contributed by atoms with Gasteiger partial charge in [0.2, 0.25) is 0 Å². The zero-order chi connectivity index (χ0) is 14.1. The molecule has 0 radical (unpaired) electrons. The second-order valence-electron chi connectivity index (χ2n) is 4.89. The molecule has 3 rings (SSSR count). The molecule has 0 spiro atoms. The van der Waals surface area contributed by atoms with Gasteiger partial charge in [0.15, 0.2) is 5.16 Å². The van der Waals surface area contributed by atoms with Crippen molar-refractivity contribution in [1.29, 1.82) is 0 Å². The van der Waals surface area contributed by atoms with Crippen LogP contribution in [-0.4, -0.2) is 20.8 Å². The van der Waals surface area contributed by atoms with Crippen molar-refractivity contribution in [2.75, 3.05) is 0 Å². The van der Waals surface area contributed by atoms with Crippen LogP contribution in [0.3, 0.4) is 0 Å². The molecule has 20 heavy (non-hydrogen) atoms. The van der Waals surface area contributed by atoms with Crippen molar-refractivity contribution in [2.45, 2.75) is 35.5 Å². The molecule has 1 aromatic heterocycles. The van der Waals surface area contributed by atoms with Crippen LogP contribution in [-0.2, 0) is 13.6 Å². The summed E-state index contributed by atoms with van der Waals surface area (Å²) in [5.41, 5.74) is 0.618. The number of nitrogens with one attached hydrogen (secondary N) is 2. The van der Waals surface area contributed by atoms with Crippen molar-refractivity contribution in [1.82, 2.24) is 20.1 Å². The maximum atomic E-state index is 14.0. The van der Waals surface area contributed by atoms with Crippen LogP contribution in [0.1, 0.15) is 18.4 Å². The number of hydrogen-bond donors (Lipinski definition) is 2. The van der Waals surface area contributed by atoms with Gasteiger partial charge in [0.1, 0.15) is 5.82 Å². The van der Waals surface area contributed by atoms with Crippen molar-refractivity contribution in [3.05, 3.63) is 40.1 Å². The topological polar surface area (TPSA) is 62.7 Å². The summed E-state index contributed by atoms with van der Waals surface area (Å²) in [5.74, 6) is -0.291. The lowest BCUT2D eigenvalue weighted by molar-refractivity contribution is 0.594. The molecule has 106 valence electrons. The first-order valence-corrected chi connectivity index (χ1v) is 7.26. The zero-order valence-electron chi connectivity index (χ0n) is 11.0. The summed E-state index contributed by atoms with van der Waals surface area (Å²) in [6.45, 7) is 0.688. The molecule has 1 aromatic carbocycles. The Kier molecular flexibility index (Phi) is 3.62. The predicted molar refractivity (Wildman–Crippen MR) is 74.2 cm³/mol. The Bertz CT molecular complexity index is 677. The summed E-state index contributed by atoms with van der Waals surface area (Å²) in [4.78, 5) is 11.7. The minimum absolute atomic E-state index is 0.291. The number of H-pyrrole nitrogens is 1. The van der Waals surface area contributed by atoms with Crippen LogP contribution >= 0.6 is 11.8 Å². The molecule has 1 heterocycles. The van der Waals surface area contributed by atoms with E-state index in [2.05, 4.69) is 15.5 Å². The number of aromatic nitrogens is 3. The number of nitrogens with zero attached hydrogens (tertiary/aromatic N) is 2. The summed E-state index contributed by atoms with van der Waals surface area (Å²) in [7, 11) is 1.60. The number of aromatic amines is 1. The van der Waals surface area contributed by atoms with Crippen molar-refractivity contribution in [2.24, 2.45) is 7.05 Å². The van der Waals surface area contributed by atoms with E-state index in [-0.39, 0.29) is 11.5 Å². The third-order valence-corrected chi connectivity index (χ3v) is 4.31. The van der Waals surface area contributed by atoms with Crippen LogP contribution < -0.4 is 11.0 Å². The largest absolute Gasteiger partial charge is 0.343 e. The molecule has 1 aliphatic carbocycles. The highest BCUT2D eigenvalue weighted by Crippen LogP contribution is 2.28. The van der Waals surface area contributed by atoms with Gasteiger partial charge >= 0.3 is 5.69 Å². The molecule has 1 saturated carbocycles. The van der Waals surface area contributed by atoms with Gasteiger partial charge in [-0.3, -0.25) is 4.57 Å². The Morgan fingerprint density at radius 3 is 2.95 bits per heavy atom. The third kappa shape index (κ3) is 2.94. The summed E-state index contributed by atoms with van der Waals surface area (Å²) in [6.07, 6.45) is 2.42. The number of halogens is 1. The molecular formula is C13H15FN4OS. The summed E-state index contributed by atoms with van der Waals surface area (Å²) < 4.78 is 15.4. The van der Waals surface area contributed by atoms with E-state index in [1.807, 2.05) is 6.07 Å². The average molecular weight is 294 g/mol. The Morgan fingerprint density at radius 1 is 1.55 bits per heavy atom. The van der Waals surface area contributed by atoms with Crippen LogP contribution in [0.4, 0.5) is 4.39 Å². The van der Waals surface area contributed by atoms with Gasteiger partial charge in [0, 0.05) is 19.6 Å². The molecule has 0 bridgehead atoms. The first-order valence-electron chi connectivity index (χ1n) is 6.44. The van der Waals surface area contributed by atoms with Crippen LogP contribution in [0.15, 0.2) is 33.0 Å². The van der Waals surface area contributed by atoms with E-state index in [9.17, 15) is 9.18 Å². The highest BCUT2D eigenvalue weighted by atomic mass is 32.2. The monoisotopic (exact) mass is 294 g/mol. The normalized spacial score (nSPS) is 14.7. The Hall–Kier alpha value is -1.60. The van der Waals surface area contributed by atoms with E-state index < -0.39 is 0 Å². The Morgan fingerprint density at radius 2 is 2.35 bits per heavy atom. The first-order chi connectivity index (χ1) is 9.63. The second kappa shape index (κ2) is 5.41. The van der Waals surface area contributed by atoms with Gasteiger partial charge < -0.3 is 5.32 Å². The van der Waals surface area contributed by atoms with Gasteiger partial charge in [0.25, 0.3) is 0 Å². The lowest BCUT2D eigenvalue weighted by Gasteiger charge is -2.06. The second-order valence-corrected chi connectivity index (χ2v) is 5.90. The molecule has 0 aliphatic heterocycles. The molecular weight excluding hydrogens is 279 g/mol. The fraction of sp³-hybridized carbons (Fsp3) is 0.385. The van der Waals surface area contributed by atoms with E-state index in [0.717, 1.165) is 17.3 Å². The molecule has 0 unspecified atom stereocenters. The minimum atomic E-state index is -0.307. The third-order valence-electron chi connectivity index (χ3n) is 3.21. The Balaban J connectivity index is 1.73. The molecule has 0 saturated heterocycles. The lowest BCUT2D eigenvalue weighted by atomic mass is 10.2. The maximum absolute atomic E-state index is 14.0. The van der Waals surface area contributed by atoms with Crippen molar-refractivity contribution < 1.29 is 4.39 Å². The van der Waals surface area contributed by atoms with Crippen LogP contribution in [0.2, 0.25) is 0 Å². The fourth-order valence-corrected chi connectivity index (χ4v) is 2.61. The van der Waals surface area contributed by atoms with E-state index in [0.29, 0.717) is 22.6 Å². The van der Waals surface area contributed by atoms with Gasteiger partial charge in [-0.15, -0.1) is 5.10 Å². The quantitative estimate of drug-likeness (QED) is 0.880. The van der Waals surface area contributed by atoms with Gasteiger partial charge in [-0.2, -0.15) is 0 Å². The maximum Gasteiger partial charge on any atom is 0.343 e. The minimum Gasteiger partial charge on any atom is -0.310 e. The molecule has 1 fully saturated rings. The highest BCUT2D eigenvalue weighted by molar-refractivity contribution is 7.99. The predicted octanol–water partition coefficient (Wildman–Crippen LogP) is 1.65.